The van der Waals surface area contributed by atoms with Crippen molar-refractivity contribution >= 4 is 29.1 Å². The molecule has 0 fully saturated rings. The minimum absolute atomic E-state index is 0.0311. The Balaban J connectivity index is 1.89. The average Bonchev–Trinajstić information content (AvgIpc) is 2.59. The summed E-state index contributed by atoms with van der Waals surface area (Å²) in [7, 11) is 0. The molecule has 10 heteroatoms. The van der Waals surface area contributed by atoms with Crippen LogP contribution in [0.1, 0.15) is 19.4 Å². The van der Waals surface area contributed by atoms with Crippen molar-refractivity contribution < 1.29 is 27.5 Å². The largest absolute Gasteiger partial charge is 0.474 e. The van der Waals surface area contributed by atoms with Crippen LogP contribution in [0.5, 0.6) is 5.75 Å². The molecule has 2 heterocycles. The van der Waals surface area contributed by atoms with Gasteiger partial charge in [-0.15, -0.1) is 0 Å². The van der Waals surface area contributed by atoms with Gasteiger partial charge in [0.2, 0.25) is 5.91 Å². The highest BCUT2D eigenvalue weighted by molar-refractivity contribution is 6.07. The first kappa shape index (κ1) is 19.5. The number of anilines is 3. The summed E-state index contributed by atoms with van der Waals surface area (Å²) in [4.78, 5) is 30.2. The average molecular weight is 394 g/mol. The summed E-state index contributed by atoms with van der Waals surface area (Å²) >= 11 is 0. The van der Waals surface area contributed by atoms with Gasteiger partial charge in [-0.2, -0.15) is 13.2 Å². The standard InChI is InChI=1S/C18H17F3N4O3/c1-17(2)16(27)25(15-12(28-17)7-8-13(22)24-15)9-14(26)23-11-6-4-3-5-10(11)18(19,20)21/h3-8H,9H2,1-2H3,(H2,22,24)(H,23,26). The molecule has 1 aliphatic rings. The van der Waals surface area contributed by atoms with Crippen LogP contribution in [0, 0.1) is 0 Å². The number of amides is 2. The number of halogens is 3. The summed E-state index contributed by atoms with van der Waals surface area (Å²) in [5.74, 6) is -1.02. The molecule has 0 saturated carbocycles. The number of carbonyl (C=O) groups is 2. The molecule has 0 aliphatic carbocycles. The maximum atomic E-state index is 13.1. The van der Waals surface area contributed by atoms with Gasteiger partial charge in [0.05, 0.1) is 11.3 Å². The lowest BCUT2D eigenvalue weighted by molar-refractivity contribution is -0.137. The van der Waals surface area contributed by atoms with Gasteiger partial charge in [0, 0.05) is 0 Å². The molecule has 2 amide bonds. The van der Waals surface area contributed by atoms with Crippen molar-refractivity contribution in [1.82, 2.24) is 4.98 Å². The number of nitrogens with one attached hydrogen (secondary N) is 1. The van der Waals surface area contributed by atoms with Gasteiger partial charge in [-0.25, -0.2) is 4.98 Å². The number of nitrogens with two attached hydrogens (primary N) is 1. The van der Waals surface area contributed by atoms with E-state index in [-0.39, 0.29) is 17.4 Å². The number of pyridine rings is 1. The van der Waals surface area contributed by atoms with Gasteiger partial charge >= 0.3 is 6.18 Å². The van der Waals surface area contributed by atoms with Crippen molar-refractivity contribution in [3.63, 3.8) is 0 Å². The third kappa shape index (κ3) is 3.71. The van der Waals surface area contributed by atoms with E-state index in [0.717, 1.165) is 17.0 Å². The quantitative estimate of drug-likeness (QED) is 0.834. The first-order valence-corrected chi connectivity index (χ1v) is 8.22. The summed E-state index contributed by atoms with van der Waals surface area (Å²) in [5.41, 5.74) is 2.98. The first-order valence-electron chi connectivity index (χ1n) is 8.22. The van der Waals surface area contributed by atoms with E-state index in [1.165, 1.54) is 38.1 Å². The van der Waals surface area contributed by atoms with E-state index in [0.29, 0.717) is 0 Å². The molecule has 28 heavy (non-hydrogen) atoms. The minimum Gasteiger partial charge on any atom is -0.474 e. The zero-order valence-corrected chi connectivity index (χ0v) is 15.0. The Morgan fingerprint density at radius 1 is 1.25 bits per heavy atom. The van der Waals surface area contributed by atoms with Gasteiger partial charge in [-0.3, -0.25) is 14.5 Å². The van der Waals surface area contributed by atoms with E-state index in [4.69, 9.17) is 10.5 Å². The number of rotatable bonds is 3. The predicted octanol–water partition coefficient (Wildman–Crippen LogP) is 2.83. The van der Waals surface area contributed by atoms with Gasteiger partial charge in [-0.1, -0.05) is 12.1 Å². The molecule has 0 radical (unpaired) electrons. The molecular weight excluding hydrogens is 377 g/mol. The van der Waals surface area contributed by atoms with Crippen LogP contribution in [-0.4, -0.2) is 28.9 Å². The van der Waals surface area contributed by atoms with Crippen molar-refractivity contribution in [3.05, 3.63) is 42.0 Å². The zero-order valence-electron chi connectivity index (χ0n) is 15.0. The van der Waals surface area contributed by atoms with E-state index in [1.807, 2.05) is 0 Å². The number of benzene rings is 1. The molecule has 1 aromatic heterocycles. The number of carbonyl (C=O) groups excluding carboxylic acids is 2. The normalized spacial score (nSPS) is 15.6. The molecule has 0 bridgehead atoms. The molecule has 3 rings (SSSR count). The third-order valence-corrected chi connectivity index (χ3v) is 4.05. The number of alkyl halides is 3. The molecule has 1 aromatic carbocycles. The van der Waals surface area contributed by atoms with Crippen molar-refractivity contribution in [2.24, 2.45) is 0 Å². The lowest BCUT2D eigenvalue weighted by Gasteiger charge is -2.37. The van der Waals surface area contributed by atoms with Crippen LogP contribution in [-0.2, 0) is 15.8 Å². The third-order valence-electron chi connectivity index (χ3n) is 4.05. The summed E-state index contributed by atoms with van der Waals surface area (Å²) in [6.07, 6.45) is -4.64. The molecule has 0 spiro atoms. The van der Waals surface area contributed by atoms with E-state index >= 15 is 0 Å². The number of hydrogen-bond acceptors (Lipinski definition) is 5. The predicted molar refractivity (Wildman–Crippen MR) is 95.8 cm³/mol. The van der Waals surface area contributed by atoms with Crippen molar-refractivity contribution in [3.8, 4) is 5.75 Å². The van der Waals surface area contributed by atoms with Gasteiger partial charge in [-0.05, 0) is 38.1 Å². The Morgan fingerprint density at radius 3 is 2.61 bits per heavy atom. The number of aromatic nitrogens is 1. The van der Waals surface area contributed by atoms with Crippen LogP contribution in [0.2, 0.25) is 0 Å². The van der Waals surface area contributed by atoms with Gasteiger partial charge in [0.25, 0.3) is 5.91 Å². The highest BCUT2D eigenvalue weighted by Crippen LogP contribution is 2.37. The van der Waals surface area contributed by atoms with Gasteiger partial charge in [0.1, 0.15) is 12.4 Å². The number of nitrogen functional groups attached to an aromatic ring is 1. The molecule has 1 aliphatic heterocycles. The number of fused-ring (bicyclic) bond motifs is 1. The van der Waals surface area contributed by atoms with Crippen LogP contribution in [0.4, 0.5) is 30.5 Å². The lowest BCUT2D eigenvalue weighted by Crippen LogP contribution is -2.54. The molecule has 148 valence electrons. The molecule has 0 atom stereocenters. The van der Waals surface area contributed by atoms with E-state index in [9.17, 15) is 22.8 Å². The van der Waals surface area contributed by atoms with Crippen LogP contribution in [0.15, 0.2) is 36.4 Å². The smallest absolute Gasteiger partial charge is 0.418 e. The van der Waals surface area contributed by atoms with E-state index in [2.05, 4.69) is 10.3 Å². The SMILES string of the molecule is CC1(C)Oc2ccc(N)nc2N(CC(=O)Nc2ccccc2C(F)(F)F)C1=O. The second-order valence-electron chi connectivity index (χ2n) is 6.65. The van der Waals surface area contributed by atoms with Crippen LogP contribution in [0.25, 0.3) is 0 Å². The highest BCUT2D eigenvalue weighted by atomic mass is 19.4. The number of nitrogens with zero attached hydrogens (tertiary/aromatic N) is 2. The number of ether oxygens (including phenoxy) is 1. The fourth-order valence-corrected chi connectivity index (χ4v) is 2.78. The fraction of sp³-hybridized carbons (Fsp3) is 0.278. The molecule has 3 N–H and O–H groups in total. The summed E-state index contributed by atoms with van der Waals surface area (Å²) in [6, 6.07) is 7.56. The highest BCUT2D eigenvalue weighted by Gasteiger charge is 2.42. The topological polar surface area (TPSA) is 97.6 Å². The van der Waals surface area contributed by atoms with Crippen molar-refractivity contribution in [2.45, 2.75) is 25.6 Å². The molecule has 0 unspecified atom stereocenters. The van der Waals surface area contributed by atoms with Gasteiger partial charge in [0.15, 0.2) is 17.2 Å². The second kappa shape index (κ2) is 6.70. The van der Waals surface area contributed by atoms with Crippen LogP contribution >= 0.6 is 0 Å². The fourth-order valence-electron chi connectivity index (χ4n) is 2.78. The summed E-state index contributed by atoms with van der Waals surface area (Å²) in [6.45, 7) is 2.47. The zero-order chi connectivity index (χ0) is 20.7. The summed E-state index contributed by atoms with van der Waals surface area (Å²) in [5, 5.41) is 2.21. The maximum Gasteiger partial charge on any atom is 0.418 e. The summed E-state index contributed by atoms with van der Waals surface area (Å²) < 4.78 is 44.9. The molecule has 2 aromatic rings. The monoisotopic (exact) mass is 394 g/mol. The molecule has 7 nitrogen and oxygen atoms in total. The Labute approximate surface area is 158 Å². The first-order chi connectivity index (χ1) is 13.0. The van der Waals surface area contributed by atoms with Gasteiger partial charge < -0.3 is 15.8 Å². The minimum atomic E-state index is -4.64. The van der Waals surface area contributed by atoms with E-state index < -0.39 is 41.4 Å². The Bertz CT molecular complexity index is 944. The Hall–Kier alpha value is -3.30. The molecular formula is C18H17F3N4O3. The van der Waals surface area contributed by atoms with Crippen molar-refractivity contribution in [2.75, 3.05) is 22.5 Å². The van der Waals surface area contributed by atoms with Crippen molar-refractivity contribution in [1.29, 1.82) is 0 Å². The maximum absolute atomic E-state index is 13.1. The second-order valence-corrected chi connectivity index (χ2v) is 6.65. The van der Waals surface area contributed by atoms with E-state index in [1.54, 1.807) is 0 Å². The lowest BCUT2D eigenvalue weighted by atomic mass is 10.1. The van der Waals surface area contributed by atoms with Crippen LogP contribution in [0.3, 0.4) is 0 Å². The van der Waals surface area contributed by atoms with Crippen LogP contribution < -0.4 is 20.7 Å². The molecule has 0 saturated heterocycles. The Kier molecular flexibility index (Phi) is 4.66. The number of hydrogen-bond donors (Lipinski definition) is 2. The Morgan fingerprint density at radius 2 is 1.93 bits per heavy atom. The number of para-hydroxylation sites is 1.